The Hall–Kier alpha value is -2.85. The molecule has 0 radical (unpaired) electrons. The summed E-state index contributed by atoms with van der Waals surface area (Å²) in [5.41, 5.74) is -3.08. The molecule has 10 heteroatoms. The number of hydrogen-bond donors (Lipinski definition) is 0. The van der Waals surface area contributed by atoms with Crippen LogP contribution in [0.4, 0.5) is 17.6 Å². The van der Waals surface area contributed by atoms with Crippen LogP contribution < -0.4 is 5.43 Å². The fourth-order valence-electron chi connectivity index (χ4n) is 3.40. The smallest absolute Gasteiger partial charge is 0.349 e. The molecule has 1 unspecified atom stereocenters. The summed E-state index contributed by atoms with van der Waals surface area (Å²) in [7, 11) is 0. The highest BCUT2D eigenvalue weighted by molar-refractivity contribution is 7.91. The Kier molecular flexibility index (Phi) is 5.52. The van der Waals surface area contributed by atoms with Crippen molar-refractivity contribution in [3.63, 3.8) is 0 Å². The Morgan fingerprint density at radius 2 is 1.71 bits per heavy atom. The van der Waals surface area contributed by atoms with Gasteiger partial charge < -0.3 is 9.29 Å². The minimum absolute atomic E-state index is 0.161. The van der Waals surface area contributed by atoms with Gasteiger partial charge in [0.05, 0.1) is 17.5 Å². The van der Waals surface area contributed by atoms with Crippen molar-refractivity contribution in [1.29, 1.82) is 0 Å². The molecular weight excluding hydrogens is 438 g/mol. The first-order valence-electron chi connectivity index (χ1n) is 9.37. The molecule has 1 aromatic heterocycles. The molecule has 1 aliphatic rings. The van der Waals surface area contributed by atoms with E-state index in [1.807, 2.05) is 0 Å². The summed E-state index contributed by atoms with van der Waals surface area (Å²) >= 11 is -2.21. The van der Waals surface area contributed by atoms with Gasteiger partial charge in [-0.25, -0.2) is 22.4 Å². The quantitative estimate of drug-likeness (QED) is 0.191. The first-order valence-corrected chi connectivity index (χ1v) is 10.5. The summed E-state index contributed by atoms with van der Waals surface area (Å²) in [6, 6.07) is 7.10. The first kappa shape index (κ1) is 21.4. The van der Waals surface area contributed by atoms with Crippen molar-refractivity contribution < 1.29 is 31.6 Å². The predicted octanol–water partition coefficient (Wildman–Crippen LogP) is 4.24. The number of benzene rings is 2. The Morgan fingerprint density at radius 1 is 1.10 bits per heavy atom. The van der Waals surface area contributed by atoms with E-state index in [1.165, 1.54) is 19.1 Å². The fraction of sp³-hybridized carbons (Fsp3) is 0.238. The Morgan fingerprint density at radius 3 is 2.29 bits per heavy atom. The van der Waals surface area contributed by atoms with Crippen LogP contribution >= 0.6 is 0 Å². The maximum atomic E-state index is 14.8. The van der Waals surface area contributed by atoms with Crippen molar-refractivity contribution >= 4 is 28.0 Å². The average Bonchev–Trinajstić information content (AvgIpc) is 3.60. The van der Waals surface area contributed by atoms with Crippen LogP contribution in [-0.4, -0.2) is 21.7 Å². The number of carbonyl (C=O) groups excluding carboxylic acids is 1. The summed E-state index contributed by atoms with van der Waals surface area (Å²) < 4.78 is 76.8. The highest BCUT2D eigenvalue weighted by Gasteiger charge is 2.41. The first-order chi connectivity index (χ1) is 14.8. The summed E-state index contributed by atoms with van der Waals surface area (Å²) in [6.07, 6.45) is 0.832. The normalized spacial score (nSPS) is 14.6. The van der Waals surface area contributed by atoms with Crippen LogP contribution in [-0.2, 0) is 15.9 Å². The molecule has 0 spiro atoms. The second-order valence-corrected chi connectivity index (χ2v) is 8.29. The molecule has 1 fully saturated rings. The van der Waals surface area contributed by atoms with Gasteiger partial charge >= 0.3 is 5.97 Å². The van der Waals surface area contributed by atoms with E-state index >= 15 is 0 Å². The van der Waals surface area contributed by atoms with Crippen LogP contribution in [0.25, 0.3) is 10.9 Å². The lowest BCUT2D eigenvalue weighted by Gasteiger charge is -2.21. The number of ether oxygens (including phenoxy) is 1. The van der Waals surface area contributed by atoms with Gasteiger partial charge in [-0.1, -0.05) is 18.2 Å². The van der Waals surface area contributed by atoms with Gasteiger partial charge in [-0.3, -0.25) is 9.36 Å². The highest BCUT2D eigenvalue weighted by Crippen LogP contribution is 2.42. The van der Waals surface area contributed by atoms with Gasteiger partial charge in [0.2, 0.25) is 5.43 Å². The number of pyridine rings is 1. The number of halogens is 4. The monoisotopic (exact) mass is 453 g/mol. The summed E-state index contributed by atoms with van der Waals surface area (Å²) in [5.74, 6) is -9.20. The molecule has 162 valence electrons. The molecule has 0 amide bonds. The lowest BCUT2D eigenvalue weighted by molar-refractivity contribution is 0.0518. The van der Waals surface area contributed by atoms with E-state index in [1.54, 1.807) is 18.2 Å². The van der Waals surface area contributed by atoms with E-state index < -0.39 is 73.4 Å². The number of carbonyl (C=O) groups is 1. The molecule has 0 saturated heterocycles. The molecule has 2 aromatic carbocycles. The molecule has 31 heavy (non-hydrogen) atoms. The maximum Gasteiger partial charge on any atom is 0.349 e. The third-order valence-electron chi connectivity index (χ3n) is 4.89. The number of aromatic nitrogens is 1. The number of nitrogens with zero attached hydrogens (tertiary/aromatic N) is 1. The van der Waals surface area contributed by atoms with Gasteiger partial charge in [-0.2, -0.15) is 0 Å². The second kappa shape index (κ2) is 8.01. The fourth-order valence-corrected chi connectivity index (χ4v) is 4.81. The van der Waals surface area contributed by atoms with E-state index in [0.29, 0.717) is 12.8 Å². The Balaban J connectivity index is 2.21. The van der Waals surface area contributed by atoms with Crippen LogP contribution in [0.15, 0.2) is 45.0 Å². The summed E-state index contributed by atoms with van der Waals surface area (Å²) in [6.45, 7) is 1.30. The summed E-state index contributed by atoms with van der Waals surface area (Å²) in [5, 5.41) is -1.56. The number of rotatable bonds is 5. The number of fused-ring (bicyclic) bond motifs is 1. The molecule has 3 aromatic rings. The lowest BCUT2D eigenvalue weighted by atomic mass is 10.1. The topological polar surface area (TPSA) is 71.4 Å². The zero-order valence-corrected chi connectivity index (χ0v) is 16.9. The average molecular weight is 453 g/mol. The maximum absolute atomic E-state index is 14.8. The molecule has 1 saturated carbocycles. The standard InChI is InChI=1S/C21H15F4NO4S/c1-2-30-21(28)13-19(27)12-14(22)15(23)16(24)17(25)18(12)26(10-8-9-10)20(13)31(29)11-6-4-3-5-7-11/h3-7,10H,2,8-9H2,1H3. The molecule has 1 aliphatic carbocycles. The molecule has 1 atom stereocenters. The molecular formula is C21H15F4NO4S. The Labute approximate surface area is 176 Å². The molecule has 0 bridgehead atoms. The number of esters is 1. The van der Waals surface area contributed by atoms with Crippen molar-refractivity contribution in [3.8, 4) is 0 Å². The van der Waals surface area contributed by atoms with Crippen molar-refractivity contribution in [3.05, 3.63) is 69.4 Å². The second-order valence-electron chi connectivity index (χ2n) is 6.89. The van der Waals surface area contributed by atoms with Crippen LogP contribution in [0, 0.1) is 23.3 Å². The van der Waals surface area contributed by atoms with Gasteiger partial charge in [0.1, 0.15) is 0 Å². The van der Waals surface area contributed by atoms with Gasteiger partial charge in [0.15, 0.2) is 33.7 Å². The minimum atomic E-state index is -2.21. The molecule has 1 heterocycles. The van der Waals surface area contributed by atoms with Gasteiger partial charge in [0.25, 0.3) is 5.03 Å². The zero-order valence-electron chi connectivity index (χ0n) is 16.1. The van der Waals surface area contributed by atoms with E-state index in [4.69, 9.17) is 4.74 Å². The van der Waals surface area contributed by atoms with Crippen LogP contribution in [0.3, 0.4) is 0 Å². The van der Waals surface area contributed by atoms with Crippen molar-refractivity contribution in [2.75, 3.05) is 6.61 Å². The largest absolute Gasteiger partial charge is 0.605 e. The van der Waals surface area contributed by atoms with Crippen LogP contribution in [0.1, 0.15) is 36.2 Å². The van der Waals surface area contributed by atoms with Crippen LogP contribution in [0.2, 0.25) is 0 Å². The van der Waals surface area contributed by atoms with Crippen molar-refractivity contribution in [1.82, 2.24) is 4.57 Å². The van der Waals surface area contributed by atoms with Gasteiger partial charge in [-0.05, 0) is 31.9 Å². The highest BCUT2D eigenvalue weighted by atomic mass is 32.2. The molecule has 0 N–H and O–H groups in total. The van der Waals surface area contributed by atoms with E-state index in [-0.39, 0.29) is 11.5 Å². The lowest BCUT2D eigenvalue weighted by Crippen LogP contribution is -2.29. The van der Waals surface area contributed by atoms with E-state index in [0.717, 1.165) is 4.57 Å². The summed E-state index contributed by atoms with van der Waals surface area (Å²) in [4.78, 5) is 25.9. The van der Waals surface area contributed by atoms with E-state index in [9.17, 15) is 31.7 Å². The van der Waals surface area contributed by atoms with Crippen molar-refractivity contribution in [2.45, 2.75) is 35.7 Å². The predicted molar refractivity (Wildman–Crippen MR) is 103 cm³/mol. The van der Waals surface area contributed by atoms with Gasteiger partial charge in [-0.15, -0.1) is 0 Å². The van der Waals surface area contributed by atoms with Crippen molar-refractivity contribution in [2.24, 2.45) is 0 Å². The molecule has 5 nitrogen and oxygen atoms in total. The third-order valence-corrected chi connectivity index (χ3v) is 6.35. The molecule has 4 rings (SSSR count). The van der Waals surface area contributed by atoms with Gasteiger partial charge in [0, 0.05) is 17.2 Å². The molecule has 0 aliphatic heterocycles. The Bertz CT molecular complexity index is 1260. The SMILES string of the molecule is CCOC(=O)c1c([S+]([O-])c2ccccc2)n(C2CC2)c2c(F)c(F)c(F)c(F)c2c1=O. The van der Waals surface area contributed by atoms with E-state index in [2.05, 4.69) is 0 Å². The number of hydrogen-bond acceptors (Lipinski definition) is 4. The third kappa shape index (κ3) is 3.39. The van der Waals surface area contributed by atoms with Crippen LogP contribution in [0.5, 0.6) is 0 Å². The minimum Gasteiger partial charge on any atom is -0.605 e. The zero-order chi connectivity index (χ0) is 22.4.